The zero-order valence-corrected chi connectivity index (χ0v) is 44.6. The number of alkyl halides is 2. The van der Waals surface area contributed by atoms with Crippen LogP contribution >= 0.6 is 35.0 Å². The minimum Gasteiger partial charge on any atom is -0.507 e. The molecule has 19 heteroatoms. The first-order valence-corrected chi connectivity index (χ1v) is 26.1. The zero-order valence-electron chi connectivity index (χ0n) is 42.3. The molecule has 0 fully saturated rings. The van der Waals surface area contributed by atoms with Crippen LogP contribution in [-0.4, -0.2) is 124 Å². The van der Waals surface area contributed by atoms with Crippen molar-refractivity contribution in [3.8, 4) is 23.0 Å². The third-order valence-corrected chi connectivity index (χ3v) is 14.9. The maximum atomic E-state index is 14.6. The molecular formula is C53H69Cl2N3O13S. The maximum absolute atomic E-state index is 14.6. The lowest BCUT2D eigenvalue weighted by molar-refractivity contribution is -0.160. The fraction of sp³-hybridized carbons (Fsp3) is 0.509. The Kier molecular flexibility index (Phi) is 20.6. The minimum atomic E-state index is -2.08. The van der Waals surface area contributed by atoms with Gasteiger partial charge in [-0.3, -0.25) is 19.2 Å². The average Bonchev–Trinajstić information content (AvgIpc) is 3.61. The number of Topliss-reactive ketones (excluding diaryl/α,β-unsaturated/α-hetero) is 1. The van der Waals surface area contributed by atoms with Crippen LogP contribution in [0.4, 0.5) is 11.4 Å². The van der Waals surface area contributed by atoms with E-state index in [0.717, 1.165) is 23.0 Å². The molecule has 3 aromatic carbocycles. The molecular weight excluding hydrogens is 990 g/mol. The normalized spacial score (nSPS) is 26.5. The average molecular weight is 1060 g/mol. The summed E-state index contributed by atoms with van der Waals surface area (Å²) < 4.78 is 23.7. The molecule has 0 unspecified atom stereocenters. The Morgan fingerprint density at radius 1 is 0.917 bits per heavy atom. The predicted molar refractivity (Wildman–Crippen MR) is 281 cm³/mol. The van der Waals surface area contributed by atoms with Gasteiger partial charge in [-0.15, -0.1) is 35.0 Å². The van der Waals surface area contributed by atoms with E-state index in [1.807, 2.05) is 24.3 Å². The van der Waals surface area contributed by atoms with Gasteiger partial charge in [-0.25, -0.2) is 0 Å². The van der Waals surface area contributed by atoms with E-state index in [1.165, 1.54) is 53.2 Å². The van der Waals surface area contributed by atoms with Crippen molar-refractivity contribution in [2.75, 3.05) is 54.5 Å². The molecule has 0 aromatic heterocycles. The van der Waals surface area contributed by atoms with Crippen molar-refractivity contribution in [3.63, 3.8) is 0 Å². The molecule has 394 valence electrons. The lowest BCUT2D eigenvalue weighted by atomic mass is 9.78. The number of thioether (sulfide) groups is 1. The zero-order chi connectivity index (χ0) is 53.2. The van der Waals surface area contributed by atoms with E-state index in [1.54, 1.807) is 39.8 Å². The summed E-state index contributed by atoms with van der Waals surface area (Å²) in [6, 6.07) is 8.05. The molecule has 0 spiro atoms. The van der Waals surface area contributed by atoms with E-state index in [4.69, 9.17) is 42.1 Å². The number of carbonyl (C=O) groups is 4. The highest BCUT2D eigenvalue weighted by Gasteiger charge is 2.50. The number of nitrogens with zero attached hydrogens (tertiary/aromatic N) is 1. The number of anilines is 2. The lowest BCUT2D eigenvalue weighted by Gasteiger charge is -2.38. The van der Waals surface area contributed by atoms with E-state index in [-0.39, 0.29) is 68.4 Å². The molecule has 2 amide bonds. The highest BCUT2D eigenvalue weighted by molar-refractivity contribution is 7.99. The molecule has 16 nitrogen and oxygen atoms in total. The predicted octanol–water partition coefficient (Wildman–Crippen LogP) is 8.27. The van der Waals surface area contributed by atoms with Crippen LogP contribution in [0.1, 0.15) is 82.8 Å². The monoisotopic (exact) mass is 1060 g/mol. The third-order valence-electron chi connectivity index (χ3n) is 13.5. The fourth-order valence-corrected chi connectivity index (χ4v) is 10.5. The summed E-state index contributed by atoms with van der Waals surface area (Å²) >= 11 is 12.9. The lowest BCUT2D eigenvalue weighted by Crippen LogP contribution is -2.46. The van der Waals surface area contributed by atoms with Gasteiger partial charge < -0.3 is 60.0 Å². The van der Waals surface area contributed by atoms with Gasteiger partial charge in [0, 0.05) is 110 Å². The number of allylic oxidation sites excluding steroid dienone is 2. The topological polar surface area (TPSA) is 234 Å². The first-order chi connectivity index (χ1) is 34.1. The summed E-state index contributed by atoms with van der Waals surface area (Å²) in [5.74, 6) is -7.74. The van der Waals surface area contributed by atoms with Crippen LogP contribution in [0.3, 0.4) is 0 Å². The van der Waals surface area contributed by atoms with Gasteiger partial charge in [0.05, 0.1) is 40.4 Å². The number of carbonyl (C=O) groups excluding carboxylic acids is 4. The van der Waals surface area contributed by atoms with Gasteiger partial charge in [-0.1, -0.05) is 58.1 Å². The number of ether oxygens (including phenoxy) is 4. The molecule has 3 aliphatic heterocycles. The Bertz CT molecular complexity index is 2530. The number of ketones is 1. The second-order valence-corrected chi connectivity index (χ2v) is 20.5. The number of rotatable bonds is 15. The molecule has 0 saturated carbocycles. The van der Waals surface area contributed by atoms with Crippen LogP contribution in [0.15, 0.2) is 65.3 Å². The van der Waals surface area contributed by atoms with Crippen LogP contribution in [-0.2, 0) is 35.0 Å². The van der Waals surface area contributed by atoms with Crippen LogP contribution < -0.4 is 20.3 Å². The maximum Gasteiger partial charge on any atom is 0.312 e. The molecule has 3 aliphatic rings. The number of esters is 1. The van der Waals surface area contributed by atoms with Crippen molar-refractivity contribution >= 4 is 80.7 Å². The second-order valence-electron chi connectivity index (χ2n) is 18.6. The van der Waals surface area contributed by atoms with Crippen molar-refractivity contribution in [2.24, 2.45) is 23.7 Å². The summed E-state index contributed by atoms with van der Waals surface area (Å²) in [6.07, 6.45) is 4.89. The van der Waals surface area contributed by atoms with Crippen LogP contribution in [0.25, 0.3) is 10.8 Å². The number of phenolic OH excluding ortho intramolecular Hbond substituents is 3. The Balaban J connectivity index is 1.49. The molecule has 6 rings (SSSR count). The van der Waals surface area contributed by atoms with E-state index < -0.39 is 88.8 Å². The summed E-state index contributed by atoms with van der Waals surface area (Å²) in [6.45, 7) is 13.9. The Labute approximate surface area is 435 Å². The van der Waals surface area contributed by atoms with Crippen molar-refractivity contribution in [1.82, 2.24) is 5.32 Å². The smallest absolute Gasteiger partial charge is 0.312 e. The number of amides is 2. The molecule has 5 bridgehead atoms. The third kappa shape index (κ3) is 13.1. The molecule has 3 aromatic rings. The van der Waals surface area contributed by atoms with Crippen molar-refractivity contribution in [1.29, 1.82) is 0 Å². The van der Waals surface area contributed by atoms with E-state index in [0.29, 0.717) is 37.7 Å². The Hall–Kier alpha value is -5.17. The van der Waals surface area contributed by atoms with Crippen LogP contribution in [0, 0.1) is 30.6 Å². The number of aliphatic hydroxyl groups is 2. The number of fused-ring (bicyclic) bond motifs is 14. The molecule has 0 radical (unpaired) electrons. The van der Waals surface area contributed by atoms with Crippen molar-refractivity contribution in [3.05, 3.63) is 77.1 Å². The Morgan fingerprint density at radius 3 is 2.21 bits per heavy atom. The first kappa shape index (κ1) is 57.7. The number of methoxy groups -OCH3 is 1. The van der Waals surface area contributed by atoms with Crippen LogP contribution in [0.5, 0.6) is 23.0 Å². The van der Waals surface area contributed by atoms with Gasteiger partial charge in [0.25, 0.3) is 11.7 Å². The van der Waals surface area contributed by atoms with Gasteiger partial charge in [0.1, 0.15) is 29.0 Å². The summed E-state index contributed by atoms with van der Waals surface area (Å²) in [5.41, 5.74) is 1.79. The number of hydrogen-bond donors (Lipinski definition) is 7. The van der Waals surface area contributed by atoms with E-state index in [2.05, 4.69) is 15.5 Å². The number of hydrogen-bond acceptors (Lipinski definition) is 15. The van der Waals surface area contributed by atoms with Gasteiger partial charge >= 0.3 is 11.8 Å². The highest BCUT2D eigenvalue weighted by Crippen LogP contribution is 2.57. The molecule has 3 heterocycles. The summed E-state index contributed by atoms with van der Waals surface area (Å²) in [4.78, 5) is 55.9. The number of aryl methyl sites for hydroxylation is 1. The minimum absolute atomic E-state index is 0.0304. The highest BCUT2D eigenvalue weighted by atomic mass is 35.5. The molecule has 0 saturated heterocycles. The van der Waals surface area contributed by atoms with Gasteiger partial charge in [0.2, 0.25) is 5.91 Å². The molecule has 0 aliphatic carbocycles. The number of benzene rings is 3. The van der Waals surface area contributed by atoms with Gasteiger partial charge in [-0.05, 0) is 50.5 Å². The molecule has 7 N–H and O–H groups in total. The van der Waals surface area contributed by atoms with Gasteiger partial charge in [0.15, 0.2) is 5.75 Å². The standard InChI is InChI=1S/C53H69Cl2N3O13S/c1-28-12-10-13-29(2)52(67)57-42-46(64)40-39(47(65)50(42)72-27-23-56-38(60)15-11-14-35-16-18-36(19-17-35)58(24-21-54)25-22-55)41-49(33(6)45(40)63)71-53(8,51(41)66)69-26-20-37(68-9)30(3)48(70-34(7)59)32(5)44(62)31(4)43(28)61/h10,12-13,16-20,26,28,30-32,37,43-44,48,61-65H,11,14-15,21-25,27H2,1-9H3,(H,56,60)(H,57,67)/b12-10+,26-20+,29-13-/t28-,30+,31+,32+,37-,43-,44+,48+,53-/m0/s1. The first-order valence-electron chi connectivity index (χ1n) is 24.0. The van der Waals surface area contributed by atoms with E-state index in [9.17, 15) is 44.7 Å². The summed E-state index contributed by atoms with van der Waals surface area (Å²) in [7, 11) is 1.43. The van der Waals surface area contributed by atoms with E-state index >= 15 is 0 Å². The largest absolute Gasteiger partial charge is 0.507 e. The molecule has 9 atom stereocenters. The number of nitrogens with one attached hydrogen (secondary N) is 2. The number of phenols is 3. The second kappa shape index (κ2) is 25.7. The SMILES string of the molecule is CO[C@H]1/C=C/O[C@@]2(C)Oc3c(C)c(O)c4c(O)c(c(SCCNC(=O)CCCc5ccc(N(CCCl)CCCl)cc5)c(O)c4c3C2=O)NC(=O)/C(C)=C\C=C\[C@H](C)[C@H](O)[C@@H](C)[C@@H](O)[C@@H](C)[C@H](OC(C)=O)[C@@H]1C. The van der Waals surface area contributed by atoms with Crippen molar-refractivity contribution in [2.45, 2.75) is 110 Å². The van der Waals surface area contributed by atoms with Gasteiger partial charge in [-0.2, -0.15) is 0 Å². The number of halogens is 2. The quantitative estimate of drug-likeness (QED) is 0.0190. The van der Waals surface area contributed by atoms with Crippen molar-refractivity contribution < 1.29 is 63.7 Å². The Morgan fingerprint density at radius 2 is 1.58 bits per heavy atom. The fourth-order valence-electron chi connectivity index (χ4n) is 9.17. The molecule has 72 heavy (non-hydrogen) atoms. The summed E-state index contributed by atoms with van der Waals surface area (Å²) in [5, 5.41) is 63.9. The number of aromatic hydroxyl groups is 3. The number of aliphatic hydroxyl groups excluding tert-OH is 2. The van der Waals surface area contributed by atoms with Crippen LogP contribution in [0.2, 0.25) is 0 Å².